The molecule has 1 aliphatic heterocycles. The van der Waals surface area contributed by atoms with E-state index in [1.165, 1.54) is 7.11 Å². The highest BCUT2D eigenvalue weighted by molar-refractivity contribution is 5.95. The quantitative estimate of drug-likeness (QED) is 0.489. The Balaban J connectivity index is 1.46. The van der Waals surface area contributed by atoms with Crippen molar-refractivity contribution in [2.24, 2.45) is 5.92 Å². The molecule has 0 bridgehead atoms. The third-order valence-electron chi connectivity index (χ3n) is 6.14. The highest BCUT2D eigenvalue weighted by Gasteiger charge is 2.41. The molecule has 7 heteroatoms. The van der Waals surface area contributed by atoms with Gasteiger partial charge in [0.05, 0.1) is 25.2 Å². The summed E-state index contributed by atoms with van der Waals surface area (Å²) in [6, 6.07) is 24.0. The normalized spacial score (nSPS) is 16.9. The second-order valence-electron chi connectivity index (χ2n) is 8.55. The summed E-state index contributed by atoms with van der Waals surface area (Å²) in [5.74, 6) is -0.388. The third-order valence-corrected chi connectivity index (χ3v) is 6.14. The number of cyclic esters (lactones) is 1. The Hall–Kier alpha value is -3.84. The van der Waals surface area contributed by atoms with Crippen LogP contribution in [0.4, 0.5) is 4.79 Å². The maximum absolute atomic E-state index is 13.3. The highest BCUT2D eigenvalue weighted by Crippen LogP contribution is 2.34. The van der Waals surface area contributed by atoms with Gasteiger partial charge in [0.2, 0.25) is 5.91 Å². The van der Waals surface area contributed by atoms with Crippen LogP contribution in [0.1, 0.15) is 29.7 Å². The Labute approximate surface area is 204 Å². The van der Waals surface area contributed by atoms with Crippen molar-refractivity contribution < 1.29 is 28.9 Å². The monoisotopic (exact) mass is 475 g/mol. The van der Waals surface area contributed by atoms with Crippen molar-refractivity contribution in [1.82, 2.24) is 4.90 Å². The number of aliphatic hydroxyl groups is 1. The van der Waals surface area contributed by atoms with E-state index in [9.17, 15) is 14.7 Å². The van der Waals surface area contributed by atoms with Crippen molar-refractivity contribution in [2.45, 2.75) is 32.1 Å². The molecule has 1 heterocycles. The van der Waals surface area contributed by atoms with E-state index in [2.05, 4.69) is 0 Å². The molecular formula is C28H29NO6. The van der Waals surface area contributed by atoms with E-state index < -0.39 is 30.1 Å². The predicted molar refractivity (Wildman–Crippen MR) is 130 cm³/mol. The van der Waals surface area contributed by atoms with Crippen LogP contribution in [0.3, 0.4) is 0 Å². The number of imide groups is 1. The smallest absolute Gasteiger partial charge is 0.416 e. The molecule has 1 N–H and O–H groups in total. The van der Waals surface area contributed by atoms with Gasteiger partial charge in [0.1, 0.15) is 13.2 Å². The summed E-state index contributed by atoms with van der Waals surface area (Å²) in [5, 5.41) is 11.0. The van der Waals surface area contributed by atoms with Gasteiger partial charge in [-0.1, -0.05) is 73.7 Å². The minimum Gasteiger partial charge on any atom is -0.493 e. The molecule has 3 aromatic rings. The highest BCUT2D eigenvalue weighted by atomic mass is 16.6. The van der Waals surface area contributed by atoms with Gasteiger partial charge in [-0.3, -0.25) is 4.79 Å². The lowest BCUT2D eigenvalue weighted by Crippen LogP contribution is -2.44. The van der Waals surface area contributed by atoms with Gasteiger partial charge in [-0.2, -0.15) is 0 Å². The summed E-state index contributed by atoms with van der Waals surface area (Å²) >= 11 is 0. The number of nitrogens with zero attached hydrogens (tertiary/aromatic N) is 1. The molecule has 4 rings (SSSR count). The number of benzene rings is 3. The molecule has 0 saturated carbocycles. The molecule has 3 aromatic carbocycles. The predicted octanol–water partition coefficient (Wildman–Crippen LogP) is 4.53. The van der Waals surface area contributed by atoms with Gasteiger partial charge in [0, 0.05) is 0 Å². The zero-order valence-corrected chi connectivity index (χ0v) is 19.8. The van der Waals surface area contributed by atoms with E-state index in [4.69, 9.17) is 14.2 Å². The molecule has 182 valence electrons. The first kappa shape index (κ1) is 24.3. The Kier molecular flexibility index (Phi) is 7.67. The van der Waals surface area contributed by atoms with Gasteiger partial charge in [0.25, 0.3) is 0 Å². The number of carbonyl (C=O) groups excluding carboxylic acids is 2. The van der Waals surface area contributed by atoms with E-state index in [0.717, 1.165) is 16.0 Å². The van der Waals surface area contributed by atoms with Crippen LogP contribution in [-0.2, 0) is 22.6 Å². The van der Waals surface area contributed by atoms with Crippen molar-refractivity contribution in [3.05, 3.63) is 95.6 Å². The molecule has 3 atom stereocenters. The van der Waals surface area contributed by atoms with Crippen LogP contribution in [-0.4, -0.2) is 41.8 Å². The molecule has 7 nitrogen and oxygen atoms in total. The molecule has 0 aromatic heterocycles. The van der Waals surface area contributed by atoms with E-state index in [1.54, 1.807) is 25.1 Å². The van der Waals surface area contributed by atoms with Gasteiger partial charge < -0.3 is 19.3 Å². The lowest BCUT2D eigenvalue weighted by molar-refractivity contribution is -0.136. The van der Waals surface area contributed by atoms with Crippen LogP contribution in [0.25, 0.3) is 0 Å². The number of ether oxygens (including phenoxy) is 3. The molecule has 1 saturated heterocycles. The molecule has 0 unspecified atom stereocenters. The molecule has 0 spiro atoms. The average Bonchev–Trinajstić information content (AvgIpc) is 3.26. The van der Waals surface area contributed by atoms with Crippen LogP contribution in [0, 0.1) is 5.92 Å². The Morgan fingerprint density at radius 3 is 2.34 bits per heavy atom. The fourth-order valence-corrected chi connectivity index (χ4v) is 4.13. The molecule has 1 aliphatic rings. The van der Waals surface area contributed by atoms with Crippen molar-refractivity contribution in [3.8, 4) is 11.5 Å². The van der Waals surface area contributed by atoms with Gasteiger partial charge in [-0.05, 0) is 35.2 Å². The number of methoxy groups -OCH3 is 1. The van der Waals surface area contributed by atoms with Crippen LogP contribution < -0.4 is 9.47 Å². The minimum absolute atomic E-state index is 0.129. The second kappa shape index (κ2) is 11.1. The molecular weight excluding hydrogens is 446 g/mol. The molecule has 35 heavy (non-hydrogen) atoms. The number of amides is 2. The van der Waals surface area contributed by atoms with Gasteiger partial charge >= 0.3 is 6.09 Å². The number of carbonyl (C=O) groups is 2. The third kappa shape index (κ3) is 5.63. The summed E-state index contributed by atoms with van der Waals surface area (Å²) in [6.45, 7) is 2.10. The zero-order chi connectivity index (χ0) is 24.8. The first-order valence-electron chi connectivity index (χ1n) is 11.5. The fraction of sp³-hybridized carbons (Fsp3) is 0.286. The lowest BCUT2D eigenvalue weighted by atomic mass is 9.95. The Morgan fingerprint density at radius 2 is 1.69 bits per heavy atom. The molecule has 1 fully saturated rings. The topological polar surface area (TPSA) is 85.3 Å². The number of rotatable bonds is 9. The minimum atomic E-state index is -1.15. The number of hydrogen-bond acceptors (Lipinski definition) is 6. The maximum Gasteiger partial charge on any atom is 0.416 e. The fourth-order valence-electron chi connectivity index (χ4n) is 4.13. The summed E-state index contributed by atoms with van der Waals surface area (Å²) in [6.07, 6.45) is -1.34. The summed E-state index contributed by atoms with van der Waals surface area (Å²) in [7, 11) is 1.52. The molecule has 0 radical (unpaired) electrons. The summed E-state index contributed by atoms with van der Waals surface area (Å²) in [5.41, 5.74) is 2.50. The van der Waals surface area contributed by atoms with E-state index in [1.807, 2.05) is 60.7 Å². The number of aliphatic hydroxyl groups excluding tert-OH is 1. The summed E-state index contributed by atoms with van der Waals surface area (Å²) in [4.78, 5) is 26.8. The van der Waals surface area contributed by atoms with E-state index >= 15 is 0 Å². The standard InChI is InChI=1S/C28H29NO6/c1-19(27(31)29-23(18-35-28(29)32)15-20-9-5-3-6-10-20)26(30)22-13-14-24(25(16-22)33-2)34-17-21-11-7-4-8-12-21/h3-14,16,19,23,26,30H,15,17-18H2,1-2H3/t19-,23-,26-/m0/s1. The Morgan fingerprint density at radius 1 is 1.03 bits per heavy atom. The van der Waals surface area contributed by atoms with Crippen molar-refractivity contribution in [3.63, 3.8) is 0 Å². The van der Waals surface area contributed by atoms with Crippen LogP contribution in [0.2, 0.25) is 0 Å². The van der Waals surface area contributed by atoms with Gasteiger partial charge in [0.15, 0.2) is 11.5 Å². The Bertz CT molecular complexity index is 1150. The lowest BCUT2D eigenvalue weighted by Gasteiger charge is -2.26. The molecule has 0 aliphatic carbocycles. The second-order valence-corrected chi connectivity index (χ2v) is 8.55. The molecule has 2 amide bonds. The van der Waals surface area contributed by atoms with Gasteiger partial charge in [-0.25, -0.2) is 9.69 Å². The largest absolute Gasteiger partial charge is 0.493 e. The van der Waals surface area contributed by atoms with Gasteiger partial charge in [-0.15, -0.1) is 0 Å². The van der Waals surface area contributed by atoms with Crippen LogP contribution in [0.5, 0.6) is 11.5 Å². The number of hydrogen-bond donors (Lipinski definition) is 1. The maximum atomic E-state index is 13.3. The zero-order valence-electron chi connectivity index (χ0n) is 19.8. The SMILES string of the molecule is COc1cc([C@@H](O)[C@H](C)C(=O)N2C(=O)OC[C@@H]2Cc2ccccc2)ccc1OCc1ccccc1. The van der Waals surface area contributed by atoms with Crippen molar-refractivity contribution in [1.29, 1.82) is 0 Å². The first-order chi connectivity index (χ1) is 17.0. The van der Waals surface area contributed by atoms with Crippen LogP contribution in [0.15, 0.2) is 78.9 Å². The van der Waals surface area contributed by atoms with Crippen molar-refractivity contribution >= 4 is 12.0 Å². The van der Waals surface area contributed by atoms with Crippen molar-refractivity contribution in [2.75, 3.05) is 13.7 Å². The average molecular weight is 476 g/mol. The first-order valence-corrected chi connectivity index (χ1v) is 11.5. The van der Waals surface area contributed by atoms with E-state index in [-0.39, 0.29) is 6.61 Å². The summed E-state index contributed by atoms with van der Waals surface area (Å²) < 4.78 is 16.5. The van der Waals surface area contributed by atoms with E-state index in [0.29, 0.717) is 30.1 Å². The van der Waals surface area contributed by atoms with Crippen LogP contribution >= 0.6 is 0 Å².